The van der Waals surface area contributed by atoms with Crippen LogP contribution in [0, 0.1) is 12.7 Å². The lowest BCUT2D eigenvalue weighted by Gasteiger charge is -2.18. The Labute approximate surface area is 115 Å². The molecule has 0 radical (unpaired) electrons. The number of nitrogens with two attached hydrogens (primary N) is 1. The predicted octanol–water partition coefficient (Wildman–Crippen LogP) is 2.35. The zero-order valence-corrected chi connectivity index (χ0v) is 11.6. The van der Waals surface area contributed by atoms with Crippen LogP contribution in [0.4, 0.5) is 4.39 Å². The lowest BCUT2D eigenvalue weighted by atomic mass is 10.0. The van der Waals surface area contributed by atoms with E-state index in [1.165, 1.54) is 12.1 Å². The van der Waals surface area contributed by atoms with Gasteiger partial charge in [-0.05, 0) is 25.1 Å². The molecule has 1 heterocycles. The van der Waals surface area contributed by atoms with Gasteiger partial charge in [0.25, 0.3) is 0 Å². The minimum absolute atomic E-state index is 0.240. The summed E-state index contributed by atoms with van der Waals surface area (Å²) in [5.41, 5.74) is 4.36. The van der Waals surface area contributed by atoms with Crippen molar-refractivity contribution >= 4 is 11.3 Å². The van der Waals surface area contributed by atoms with E-state index in [-0.39, 0.29) is 11.9 Å². The summed E-state index contributed by atoms with van der Waals surface area (Å²) in [5.74, 6) is 5.88. The van der Waals surface area contributed by atoms with E-state index in [0.717, 1.165) is 10.7 Å². The molecule has 0 aliphatic carbocycles. The summed E-state index contributed by atoms with van der Waals surface area (Å²) in [5, 5.41) is 2.93. The number of nitrogens with zero attached hydrogens (tertiary/aromatic N) is 1. The number of aryl methyl sites for hydroxylation is 1. The van der Waals surface area contributed by atoms with Gasteiger partial charge >= 0.3 is 0 Å². The maximum Gasteiger partial charge on any atom is 0.123 e. The highest BCUT2D eigenvalue weighted by molar-refractivity contribution is 7.09. The fourth-order valence-electron chi connectivity index (χ4n) is 1.91. The third-order valence-electron chi connectivity index (χ3n) is 2.81. The Morgan fingerprint density at radius 2 is 2.32 bits per heavy atom. The predicted molar refractivity (Wildman–Crippen MR) is 73.6 cm³/mol. The molecular weight excluding hydrogens is 265 g/mol. The fraction of sp³-hybridized carbons (Fsp3) is 0.308. The van der Waals surface area contributed by atoms with Crippen LogP contribution in [0.15, 0.2) is 23.6 Å². The molecule has 0 saturated carbocycles. The van der Waals surface area contributed by atoms with Crippen LogP contribution in [-0.4, -0.2) is 12.1 Å². The van der Waals surface area contributed by atoms with Crippen molar-refractivity contribution in [3.63, 3.8) is 0 Å². The van der Waals surface area contributed by atoms with Crippen LogP contribution < -0.4 is 16.0 Å². The van der Waals surface area contributed by atoms with Crippen LogP contribution >= 0.6 is 11.3 Å². The summed E-state index contributed by atoms with van der Waals surface area (Å²) in [7, 11) is 1.55. The van der Waals surface area contributed by atoms with Crippen LogP contribution in [0.5, 0.6) is 5.75 Å². The largest absolute Gasteiger partial charge is 0.496 e. The van der Waals surface area contributed by atoms with Gasteiger partial charge < -0.3 is 4.74 Å². The molecule has 0 aliphatic heterocycles. The molecule has 1 atom stereocenters. The van der Waals surface area contributed by atoms with E-state index in [2.05, 4.69) is 10.4 Å². The molecule has 0 aliphatic rings. The minimum Gasteiger partial charge on any atom is -0.496 e. The van der Waals surface area contributed by atoms with Gasteiger partial charge in [-0.3, -0.25) is 11.3 Å². The number of nitrogens with one attached hydrogen (secondary N) is 1. The zero-order chi connectivity index (χ0) is 13.8. The third kappa shape index (κ3) is 3.28. The molecule has 4 nitrogen and oxygen atoms in total. The minimum atomic E-state index is -0.314. The highest BCUT2D eigenvalue weighted by Crippen LogP contribution is 2.28. The van der Waals surface area contributed by atoms with E-state index < -0.39 is 0 Å². The summed E-state index contributed by atoms with van der Waals surface area (Å²) < 4.78 is 18.6. The van der Waals surface area contributed by atoms with Gasteiger partial charge in [-0.15, -0.1) is 11.3 Å². The Morgan fingerprint density at radius 1 is 1.53 bits per heavy atom. The molecule has 0 spiro atoms. The van der Waals surface area contributed by atoms with Crippen LogP contribution in [0.3, 0.4) is 0 Å². The van der Waals surface area contributed by atoms with Crippen molar-refractivity contribution in [2.75, 3.05) is 7.11 Å². The molecule has 1 aromatic carbocycles. The van der Waals surface area contributed by atoms with Crippen molar-refractivity contribution in [1.29, 1.82) is 0 Å². The highest BCUT2D eigenvalue weighted by atomic mass is 32.1. The quantitative estimate of drug-likeness (QED) is 0.652. The van der Waals surface area contributed by atoms with Gasteiger partial charge in [0.15, 0.2) is 0 Å². The lowest BCUT2D eigenvalue weighted by molar-refractivity contribution is 0.397. The molecule has 6 heteroatoms. The second-order valence-electron chi connectivity index (χ2n) is 4.19. The monoisotopic (exact) mass is 281 g/mol. The molecule has 0 amide bonds. The van der Waals surface area contributed by atoms with Crippen molar-refractivity contribution in [1.82, 2.24) is 10.4 Å². The molecule has 3 N–H and O–H groups in total. The summed E-state index contributed by atoms with van der Waals surface area (Å²) in [6.45, 7) is 1.94. The van der Waals surface area contributed by atoms with Gasteiger partial charge in [0, 0.05) is 23.1 Å². The molecule has 1 unspecified atom stereocenters. The Bertz CT molecular complexity index is 559. The number of benzene rings is 1. The first kappa shape index (κ1) is 13.9. The first-order chi connectivity index (χ1) is 9.13. The molecule has 1 aromatic heterocycles. The normalized spacial score (nSPS) is 12.4. The van der Waals surface area contributed by atoms with E-state index in [1.54, 1.807) is 24.5 Å². The summed E-state index contributed by atoms with van der Waals surface area (Å²) >= 11 is 1.56. The van der Waals surface area contributed by atoms with Gasteiger partial charge in [0.2, 0.25) is 0 Å². The second kappa shape index (κ2) is 6.10. The summed E-state index contributed by atoms with van der Waals surface area (Å²) in [4.78, 5) is 4.39. The fourth-order valence-corrected chi connectivity index (χ4v) is 2.73. The number of hydrogen-bond donors (Lipinski definition) is 2. The smallest absolute Gasteiger partial charge is 0.123 e. The molecule has 0 fully saturated rings. The van der Waals surface area contributed by atoms with E-state index in [0.29, 0.717) is 17.7 Å². The van der Waals surface area contributed by atoms with E-state index >= 15 is 0 Å². The first-order valence-corrected chi connectivity index (χ1v) is 6.72. The van der Waals surface area contributed by atoms with Crippen molar-refractivity contribution in [3.8, 4) is 5.75 Å². The first-order valence-electron chi connectivity index (χ1n) is 5.84. The van der Waals surface area contributed by atoms with Crippen molar-refractivity contribution in [2.24, 2.45) is 5.84 Å². The maximum atomic E-state index is 13.4. The van der Waals surface area contributed by atoms with Crippen LogP contribution in [0.25, 0.3) is 0 Å². The number of hydrogen-bond acceptors (Lipinski definition) is 5. The number of ether oxygens (including phenoxy) is 1. The van der Waals surface area contributed by atoms with Gasteiger partial charge in [0.1, 0.15) is 11.6 Å². The standard InChI is InChI=1S/C13H16FN3OS/c1-8-7-19-13(16-8)6-11(17-15)10-5-9(14)3-4-12(10)18-2/h3-5,7,11,17H,6,15H2,1-2H3. The van der Waals surface area contributed by atoms with Crippen LogP contribution in [-0.2, 0) is 6.42 Å². The average molecular weight is 281 g/mol. The zero-order valence-electron chi connectivity index (χ0n) is 10.8. The topological polar surface area (TPSA) is 60.2 Å². The number of methoxy groups -OCH3 is 1. The lowest BCUT2D eigenvalue weighted by Crippen LogP contribution is -2.30. The molecule has 0 bridgehead atoms. The number of hydrazine groups is 1. The number of rotatable bonds is 5. The number of thiazole rings is 1. The molecule has 2 rings (SSSR count). The Kier molecular flexibility index (Phi) is 4.47. The van der Waals surface area contributed by atoms with E-state index in [1.807, 2.05) is 12.3 Å². The summed E-state index contributed by atoms with van der Waals surface area (Å²) in [6, 6.07) is 4.16. The molecule has 2 aromatic rings. The van der Waals surface area contributed by atoms with Crippen molar-refractivity contribution < 1.29 is 9.13 Å². The number of halogens is 1. The van der Waals surface area contributed by atoms with E-state index in [4.69, 9.17) is 10.6 Å². The van der Waals surface area contributed by atoms with Crippen LogP contribution in [0.2, 0.25) is 0 Å². The average Bonchev–Trinajstić information content (AvgIpc) is 2.81. The van der Waals surface area contributed by atoms with Crippen LogP contribution in [0.1, 0.15) is 22.3 Å². The summed E-state index contributed by atoms with van der Waals surface area (Å²) in [6.07, 6.45) is 0.592. The van der Waals surface area contributed by atoms with Gasteiger partial charge in [0.05, 0.1) is 18.2 Å². The Balaban J connectivity index is 2.28. The van der Waals surface area contributed by atoms with Gasteiger partial charge in [-0.2, -0.15) is 0 Å². The van der Waals surface area contributed by atoms with Crippen molar-refractivity contribution in [2.45, 2.75) is 19.4 Å². The molecular formula is C13H16FN3OS. The Hall–Kier alpha value is -1.50. The molecule has 102 valence electrons. The van der Waals surface area contributed by atoms with Crippen molar-refractivity contribution in [3.05, 3.63) is 45.7 Å². The van der Waals surface area contributed by atoms with Gasteiger partial charge in [-0.1, -0.05) is 0 Å². The molecule has 19 heavy (non-hydrogen) atoms. The molecule has 0 saturated heterocycles. The second-order valence-corrected chi connectivity index (χ2v) is 5.13. The SMILES string of the molecule is COc1ccc(F)cc1C(Cc1nc(C)cs1)NN. The highest BCUT2D eigenvalue weighted by Gasteiger charge is 2.17. The maximum absolute atomic E-state index is 13.4. The van der Waals surface area contributed by atoms with E-state index in [9.17, 15) is 4.39 Å². The van der Waals surface area contributed by atoms with Gasteiger partial charge in [-0.25, -0.2) is 9.37 Å². The number of aromatic nitrogens is 1. The Morgan fingerprint density at radius 3 is 2.89 bits per heavy atom. The third-order valence-corrected chi connectivity index (χ3v) is 3.80.